The molecule has 1 heterocycles. The van der Waals surface area contributed by atoms with Crippen molar-refractivity contribution in [1.29, 1.82) is 0 Å². The molecule has 1 aliphatic heterocycles. The van der Waals surface area contributed by atoms with E-state index in [4.69, 9.17) is 4.74 Å². The predicted molar refractivity (Wildman–Crippen MR) is 138 cm³/mol. The lowest BCUT2D eigenvalue weighted by atomic mass is 9.96. The van der Waals surface area contributed by atoms with Gasteiger partial charge in [0.25, 0.3) is 0 Å². The first-order valence-corrected chi connectivity index (χ1v) is 12.3. The number of nitrogens with one attached hydrogen (secondary N) is 2. The highest BCUT2D eigenvalue weighted by Crippen LogP contribution is 2.31. The molecule has 0 bridgehead atoms. The molecule has 1 unspecified atom stereocenters. The minimum Gasteiger partial charge on any atom is -0.484 e. The molecule has 4 rings (SSSR count). The van der Waals surface area contributed by atoms with E-state index in [0.29, 0.717) is 5.92 Å². The Morgan fingerprint density at radius 2 is 1.55 bits per heavy atom. The highest BCUT2D eigenvalue weighted by Gasteiger charge is 2.20. The molecule has 3 aromatic carbocycles. The lowest BCUT2D eigenvalue weighted by molar-refractivity contribution is 0.182. The van der Waals surface area contributed by atoms with E-state index in [-0.39, 0.29) is 6.10 Å². The van der Waals surface area contributed by atoms with Crippen LogP contribution in [0.4, 0.5) is 5.69 Å². The summed E-state index contributed by atoms with van der Waals surface area (Å²) in [6, 6.07) is 29.7. The molecule has 0 amide bonds. The maximum absolute atomic E-state index is 6.55. The average molecular weight is 444 g/mol. The highest BCUT2D eigenvalue weighted by molar-refractivity contribution is 5.56. The Morgan fingerprint density at radius 1 is 0.879 bits per heavy atom. The van der Waals surface area contributed by atoms with Crippen LogP contribution >= 0.6 is 0 Å². The Kier molecular flexibility index (Phi) is 8.79. The number of ether oxygens (including phenoxy) is 1. The zero-order valence-electron chi connectivity index (χ0n) is 19.7. The first-order valence-electron chi connectivity index (χ1n) is 12.3. The third kappa shape index (κ3) is 7.08. The number of nitrogens with zero attached hydrogens (tertiary/aromatic N) is 1. The highest BCUT2D eigenvalue weighted by atomic mass is 16.5. The molecule has 2 N–H and O–H groups in total. The fraction of sp³-hybridized carbons (Fsp3) is 0.379. The van der Waals surface area contributed by atoms with Crippen molar-refractivity contribution in [2.24, 2.45) is 5.92 Å². The Hall–Kier alpha value is -2.82. The van der Waals surface area contributed by atoms with E-state index in [2.05, 4.69) is 100 Å². The van der Waals surface area contributed by atoms with Crippen LogP contribution in [0.15, 0.2) is 84.9 Å². The van der Waals surface area contributed by atoms with Gasteiger partial charge in [0.2, 0.25) is 0 Å². The molecule has 0 radical (unpaired) electrons. The largest absolute Gasteiger partial charge is 0.484 e. The monoisotopic (exact) mass is 443 g/mol. The number of benzene rings is 3. The second-order valence-electron chi connectivity index (χ2n) is 8.99. The number of likely N-dealkylation sites (tertiary alicyclic amines) is 1. The predicted octanol–water partition coefficient (Wildman–Crippen LogP) is 5.74. The van der Waals surface area contributed by atoms with Crippen LogP contribution in [0.25, 0.3) is 0 Å². The number of hydrogen-bond donors (Lipinski definition) is 2. The van der Waals surface area contributed by atoms with Gasteiger partial charge >= 0.3 is 0 Å². The fourth-order valence-electron chi connectivity index (χ4n) is 4.55. The summed E-state index contributed by atoms with van der Waals surface area (Å²) in [4.78, 5) is 2.58. The van der Waals surface area contributed by atoms with Crippen molar-refractivity contribution in [1.82, 2.24) is 10.2 Å². The van der Waals surface area contributed by atoms with E-state index in [9.17, 15) is 0 Å². The molecule has 0 spiro atoms. The van der Waals surface area contributed by atoms with Crippen LogP contribution in [-0.4, -0.2) is 38.1 Å². The van der Waals surface area contributed by atoms with Gasteiger partial charge in [0.1, 0.15) is 11.9 Å². The normalized spacial score (nSPS) is 15.8. The van der Waals surface area contributed by atoms with E-state index in [0.717, 1.165) is 37.5 Å². The molecule has 33 heavy (non-hydrogen) atoms. The Morgan fingerprint density at radius 3 is 2.27 bits per heavy atom. The summed E-state index contributed by atoms with van der Waals surface area (Å²) in [6.45, 7) is 5.30. The standard InChI is InChI=1S/C29H37N3O/c1-30-19-16-28(26-12-6-3-7-13-26)33-29-15-9-8-14-27(29)31-22-24-17-20-32(21-18-24)23-25-10-4-2-5-11-25/h2-15,24,28,30-31H,16-23H2,1H3. The molecule has 4 nitrogen and oxygen atoms in total. The van der Waals surface area contributed by atoms with Gasteiger partial charge in [0.15, 0.2) is 0 Å². The summed E-state index contributed by atoms with van der Waals surface area (Å²) >= 11 is 0. The maximum Gasteiger partial charge on any atom is 0.143 e. The van der Waals surface area contributed by atoms with Gasteiger partial charge in [-0.1, -0.05) is 72.8 Å². The molecule has 1 fully saturated rings. The van der Waals surface area contributed by atoms with Gasteiger partial charge in [-0.2, -0.15) is 0 Å². The molecule has 1 aliphatic rings. The Labute approximate surface area is 199 Å². The molecular weight excluding hydrogens is 406 g/mol. The van der Waals surface area contributed by atoms with Gasteiger partial charge in [-0.25, -0.2) is 0 Å². The minimum atomic E-state index is 0.0304. The van der Waals surface area contributed by atoms with Crippen LogP contribution < -0.4 is 15.4 Å². The lowest BCUT2D eigenvalue weighted by Crippen LogP contribution is -2.35. The Bertz CT molecular complexity index is 939. The first kappa shape index (κ1) is 23.3. The Balaban J connectivity index is 1.31. The topological polar surface area (TPSA) is 36.5 Å². The van der Waals surface area contributed by atoms with Crippen LogP contribution in [0.1, 0.15) is 36.5 Å². The van der Waals surface area contributed by atoms with Crippen LogP contribution in [-0.2, 0) is 6.54 Å². The van der Waals surface area contributed by atoms with Crippen molar-refractivity contribution in [3.63, 3.8) is 0 Å². The molecule has 0 aromatic heterocycles. The summed E-state index contributed by atoms with van der Waals surface area (Å²) < 4.78 is 6.55. The van der Waals surface area contributed by atoms with Crippen molar-refractivity contribution in [3.8, 4) is 5.75 Å². The van der Waals surface area contributed by atoms with Crippen LogP contribution in [0.2, 0.25) is 0 Å². The minimum absolute atomic E-state index is 0.0304. The van der Waals surface area contributed by atoms with Crippen LogP contribution in [0.3, 0.4) is 0 Å². The zero-order chi connectivity index (χ0) is 22.7. The summed E-state index contributed by atoms with van der Waals surface area (Å²) in [5, 5.41) is 6.96. The van der Waals surface area contributed by atoms with Crippen molar-refractivity contribution in [3.05, 3.63) is 96.1 Å². The first-order chi connectivity index (χ1) is 16.3. The van der Waals surface area contributed by atoms with Crippen molar-refractivity contribution in [2.45, 2.75) is 31.9 Å². The van der Waals surface area contributed by atoms with Crippen molar-refractivity contribution < 1.29 is 4.74 Å². The SMILES string of the molecule is CNCCC(Oc1ccccc1NCC1CCN(Cc2ccccc2)CC1)c1ccccc1. The second kappa shape index (κ2) is 12.4. The van der Waals surface area contributed by atoms with Gasteiger partial charge in [-0.05, 0) is 68.7 Å². The molecule has 1 saturated heterocycles. The van der Waals surface area contributed by atoms with E-state index in [1.54, 1.807) is 0 Å². The summed E-state index contributed by atoms with van der Waals surface area (Å²) in [7, 11) is 1.99. The van der Waals surface area contributed by atoms with E-state index in [1.165, 1.54) is 37.1 Å². The lowest BCUT2D eigenvalue weighted by Gasteiger charge is -2.32. The maximum atomic E-state index is 6.55. The second-order valence-corrected chi connectivity index (χ2v) is 8.99. The average Bonchev–Trinajstić information content (AvgIpc) is 2.88. The van der Waals surface area contributed by atoms with E-state index in [1.807, 2.05) is 7.05 Å². The quantitative estimate of drug-likeness (QED) is 0.396. The summed E-state index contributed by atoms with van der Waals surface area (Å²) in [5.41, 5.74) is 3.72. The molecule has 0 saturated carbocycles. The molecule has 3 aromatic rings. The van der Waals surface area contributed by atoms with Crippen LogP contribution in [0, 0.1) is 5.92 Å². The van der Waals surface area contributed by atoms with E-state index >= 15 is 0 Å². The van der Waals surface area contributed by atoms with E-state index < -0.39 is 0 Å². The number of rotatable bonds is 11. The van der Waals surface area contributed by atoms with Gasteiger partial charge in [-0.3, -0.25) is 4.90 Å². The summed E-state index contributed by atoms with van der Waals surface area (Å²) in [5.74, 6) is 1.63. The number of hydrogen-bond acceptors (Lipinski definition) is 4. The molecule has 1 atom stereocenters. The number of para-hydroxylation sites is 2. The number of anilines is 1. The fourth-order valence-corrected chi connectivity index (χ4v) is 4.55. The molecule has 4 heteroatoms. The van der Waals surface area contributed by atoms with Crippen LogP contribution in [0.5, 0.6) is 5.75 Å². The van der Waals surface area contributed by atoms with Gasteiger partial charge in [0.05, 0.1) is 5.69 Å². The third-order valence-electron chi connectivity index (χ3n) is 6.52. The number of piperidine rings is 1. The van der Waals surface area contributed by atoms with Gasteiger partial charge in [0, 0.05) is 19.5 Å². The van der Waals surface area contributed by atoms with Gasteiger partial charge < -0.3 is 15.4 Å². The summed E-state index contributed by atoms with van der Waals surface area (Å²) in [6.07, 6.45) is 3.42. The molecule has 0 aliphatic carbocycles. The third-order valence-corrected chi connectivity index (χ3v) is 6.52. The molecular formula is C29H37N3O. The van der Waals surface area contributed by atoms with Crippen molar-refractivity contribution >= 4 is 5.69 Å². The molecule has 174 valence electrons. The smallest absolute Gasteiger partial charge is 0.143 e. The van der Waals surface area contributed by atoms with Gasteiger partial charge in [-0.15, -0.1) is 0 Å². The zero-order valence-corrected chi connectivity index (χ0v) is 19.7. The van der Waals surface area contributed by atoms with Crippen molar-refractivity contribution in [2.75, 3.05) is 38.5 Å².